The van der Waals surface area contributed by atoms with Gasteiger partial charge in [0.1, 0.15) is 5.78 Å². The topological polar surface area (TPSA) is 37.4 Å². The Bertz CT molecular complexity index is 525. The third-order valence-electron chi connectivity index (χ3n) is 3.87. The van der Waals surface area contributed by atoms with E-state index in [2.05, 4.69) is 15.9 Å². The summed E-state index contributed by atoms with van der Waals surface area (Å²) in [5.41, 5.74) is 0.745. The highest BCUT2D eigenvalue weighted by Gasteiger charge is 2.35. The van der Waals surface area contributed by atoms with E-state index in [0.717, 1.165) is 16.5 Å². The van der Waals surface area contributed by atoms with Gasteiger partial charge in [-0.05, 0) is 18.1 Å². The van der Waals surface area contributed by atoms with Gasteiger partial charge in [-0.2, -0.15) is 0 Å². The molecule has 108 valence electrons. The average Bonchev–Trinajstić information content (AvgIpc) is 2.40. The van der Waals surface area contributed by atoms with Gasteiger partial charge in [0.2, 0.25) is 5.91 Å². The fourth-order valence-corrected chi connectivity index (χ4v) is 3.02. The first kappa shape index (κ1) is 15.2. The van der Waals surface area contributed by atoms with Crippen LogP contribution in [0.25, 0.3) is 0 Å². The van der Waals surface area contributed by atoms with Gasteiger partial charge in [-0.3, -0.25) is 9.59 Å². The van der Waals surface area contributed by atoms with Crippen LogP contribution in [0, 0.1) is 5.41 Å². The van der Waals surface area contributed by atoms with Crippen LogP contribution in [0.5, 0.6) is 0 Å². The number of piperidine rings is 1. The third kappa shape index (κ3) is 3.48. The number of carbonyl (C=O) groups excluding carboxylic acids is 2. The van der Waals surface area contributed by atoms with Crippen LogP contribution >= 0.6 is 15.9 Å². The summed E-state index contributed by atoms with van der Waals surface area (Å²) in [6, 6.07) is 7.96. The molecular weight excluding hydrogens is 318 g/mol. The maximum atomic E-state index is 12.3. The van der Waals surface area contributed by atoms with E-state index in [1.54, 1.807) is 0 Å². The van der Waals surface area contributed by atoms with Gasteiger partial charge < -0.3 is 4.90 Å². The number of aryl methyl sites for hydroxylation is 1. The molecule has 0 unspecified atom stereocenters. The van der Waals surface area contributed by atoms with Crippen molar-refractivity contribution in [3.63, 3.8) is 0 Å². The number of Topliss-reactive ketones (excluding diaryl/α,β-unsaturated/α-hetero) is 1. The highest BCUT2D eigenvalue weighted by molar-refractivity contribution is 9.10. The lowest BCUT2D eigenvalue weighted by Crippen LogP contribution is -2.48. The minimum Gasteiger partial charge on any atom is -0.341 e. The Labute approximate surface area is 128 Å². The molecule has 20 heavy (non-hydrogen) atoms. The predicted molar refractivity (Wildman–Crippen MR) is 82.4 cm³/mol. The zero-order valence-electron chi connectivity index (χ0n) is 12.0. The number of nitrogens with zero attached hydrogens (tertiary/aromatic N) is 1. The van der Waals surface area contributed by atoms with Gasteiger partial charge in [-0.25, -0.2) is 0 Å². The first-order valence-corrected chi connectivity index (χ1v) is 7.74. The van der Waals surface area contributed by atoms with Crippen LogP contribution in [0.4, 0.5) is 0 Å². The molecule has 1 fully saturated rings. The van der Waals surface area contributed by atoms with Crippen molar-refractivity contribution in [2.75, 3.05) is 13.1 Å². The molecule has 1 aromatic carbocycles. The Balaban J connectivity index is 1.93. The van der Waals surface area contributed by atoms with Gasteiger partial charge in [0.05, 0.1) is 0 Å². The quantitative estimate of drug-likeness (QED) is 0.849. The van der Waals surface area contributed by atoms with Crippen molar-refractivity contribution >= 4 is 27.6 Å². The monoisotopic (exact) mass is 337 g/mol. The Hall–Kier alpha value is -1.16. The van der Waals surface area contributed by atoms with Gasteiger partial charge in [-0.15, -0.1) is 0 Å². The van der Waals surface area contributed by atoms with Crippen molar-refractivity contribution in [1.29, 1.82) is 0 Å². The second-order valence-corrected chi connectivity index (χ2v) is 6.82. The molecule has 0 aromatic heterocycles. The summed E-state index contributed by atoms with van der Waals surface area (Å²) < 4.78 is 1.04. The van der Waals surface area contributed by atoms with Crippen LogP contribution in [0.2, 0.25) is 0 Å². The van der Waals surface area contributed by atoms with E-state index in [0.29, 0.717) is 25.9 Å². The molecule has 4 heteroatoms. The molecule has 0 radical (unpaired) electrons. The second kappa shape index (κ2) is 6.08. The van der Waals surface area contributed by atoms with Crippen molar-refractivity contribution in [2.45, 2.75) is 33.1 Å². The molecule has 0 bridgehead atoms. The van der Waals surface area contributed by atoms with Gasteiger partial charge in [0.25, 0.3) is 0 Å². The number of likely N-dealkylation sites (tertiary alicyclic amines) is 1. The van der Waals surface area contributed by atoms with Gasteiger partial charge in [0.15, 0.2) is 0 Å². The molecule has 2 rings (SSSR count). The average molecular weight is 338 g/mol. The highest BCUT2D eigenvalue weighted by atomic mass is 79.9. The van der Waals surface area contributed by atoms with Crippen LogP contribution in [0.1, 0.15) is 32.3 Å². The molecule has 0 aliphatic carbocycles. The fourth-order valence-electron chi connectivity index (χ4n) is 2.53. The minimum atomic E-state index is -0.402. The molecule has 1 amide bonds. The molecule has 1 aliphatic rings. The van der Waals surface area contributed by atoms with Crippen LogP contribution in [-0.4, -0.2) is 29.7 Å². The fraction of sp³-hybridized carbons (Fsp3) is 0.500. The third-order valence-corrected chi connectivity index (χ3v) is 4.64. The highest BCUT2D eigenvalue weighted by Crippen LogP contribution is 2.26. The van der Waals surface area contributed by atoms with Crippen molar-refractivity contribution in [3.05, 3.63) is 34.3 Å². The Morgan fingerprint density at radius 1 is 1.35 bits per heavy atom. The number of halogens is 1. The van der Waals surface area contributed by atoms with E-state index in [-0.39, 0.29) is 11.7 Å². The molecule has 1 heterocycles. The van der Waals surface area contributed by atoms with Gasteiger partial charge >= 0.3 is 0 Å². The number of hydrogen-bond acceptors (Lipinski definition) is 2. The lowest BCUT2D eigenvalue weighted by atomic mass is 9.82. The van der Waals surface area contributed by atoms with E-state index < -0.39 is 5.41 Å². The van der Waals surface area contributed by atoms with Crippen LogP contribution in [0.15, 0.2) is 28.7 Å². The number of ketones is 1. The van der Waals surface area contributed by atoms with E-state index in [1.807, 2.05) is 43.0 Å². The normalized spacial score (nSPS) is 18.1. The zero-order chi connectivity index (χ0) is 14.8. The Kier molecular flexibility index (Phi) is 4.63. The van der Waals surface area contributed by atoms with Crippen molar-refractivity contribution < 1.29 is 9.59 Å². The summed E-state index contributed by atoms with van der Waals surface area (Å²) in [6.07, 6.45) is 1.70. The van der Waals surface area contributed by atoms with Crippen LogP contribution < -0.4 is 0 Å². The van der Waals surface area contributed by atoms with E-state index in [1.165, 1.54) is 0 Å². The molecule has 1 aliphatic heterocycles. The standard InChI is InChI=1S/C16H20BrNO2/c1-16(2)11-18(10-9-14(16)19)15(20)8-7-12-5-3-4-6-13(12)17/h3-6H,7-11H2,1-2H3. The molecule has 3 nitrogen and oxygen atoms in total. The molecular formula is C16H20BrNO2. The van der Waals surface area contributed by atoms with E-state index in [4.69, 9.17) is 0 Å². The summed E-state index contributed by atoms with van der Waals surface area (Å²) in [5.74, 6) is 0.397. The van der Waals surface area contributed by atoms with Gasteiger partial charge in [-0.1, -0.05) is 48.0 Å². The second-order valence-electron chi connectivity index (χ2n) is 5.96. The zero-order valence-corrected chi connectivity index (χ0v) is 13.6. The molecule has 0 atom stereocenters. The smallest absolute Gasteiger partial charge is 0.222 e. The number of carbonyl (C=O) groups is 2. The molecule has 1 saturated heterocycles. The lowest BCUT2D eigenvalue weighted by Gasteiger charge is -2.36. The molecule has 1 aromatic rings. The minimum absolute atomic E-state index is 0.140. The van der Waals surface area contributed by atoms with Crippen LogP contribution in [0.3, 0.4) is 0 Å². The maximum Gasteiger partial charge on any atom is 0.222 e. The lowest BCUT2D eigenvalue weighted by molar-refractivity contribution is -0.140. The molecule has 0 spiro atoms. The first-order chi connectivity index (χ1) is 9.40. The Morgan fingerprint density at radius 2 is 2.05 bits per heavy atom. The van der Waals surface area contributed by atoms with E-state index >= 15 is 0 Å². The van der Waals surface area contributed by atoms with Gasteiger partial charge in [0, 0.05) is 35.8 Å². The Morgan fingerprint density at radius 3 is 2.70 bits per heavy atom. The number of rotatable bonds is 3. The SMILES string of the molecule is CC1(C)CN(C(=O)CCc2ccccc2Br)CCC1=O. The summed E-state index contributed by atoms with van der Waals surface area (Å²) in [4.78, 5) is 25.9. The largest absolute Gasteiger partial charge is 0.341 e. The van der Waals surface area contributed by atoms with E-state index in [9.17, 15) is 9.59 Å². The first-order valence-electron chi connectivity index (χ1n) is 6.94. The molecule has 0 N–H and O–H groups in total. The van der Waals surface area contributed by atoms with Crippen LogP contribution in [-0.2, 0) is 16.0 Å². The number of hydrogen-bond donors (Lipinski definition) is 0. The summed E-state index contributed by atoms with van der Waals surface area (Å²) in [7, 11) is 0. The van der Waals surface area contributed by atoms with Crippen molar-refractivity contribution in [3.8, 4) is 0 Å². The summed E-state index contributed by atoms with van der Waals surface area (Å²) in [5, 5.41) is 0. The summed E-state index contributed by atoms with van der Waals surface area (Å²) in [6.45, 7) is 4.95. The maximum absolute atomic E-state index is 12.3. The number of benzene rings is 1. The van der Waals surface area contributed by atoms with Crippen molar-refractivity contribution in [2.24, 2.45) is 5.41 Å². The van der Waals surface area contributed by atoms with Crippen molar-refractivity contribution in [1.82, 2.24) is 4.90 Å². The predicted octanol–water partition coefficient (Wildman–Crippen LogP) is 3.21. The molecule has 0 saturated carbocycles. The summed E-state index contributed by atoms with van der Waals surface area (Å²) >= 11 is 3.50. The number of amides is 1.